The largest absolute Gasteiger partial charge is 0.469 e. The Kier molecular flexibility index (Phi) is 6.52. The molecule has 9 heteroatoms. The highest BCUT2D eigenvalue weighted by Gasteiger charge is 2.30. The van der Waals surface area contributed by atoms with Crippen molar-refractivity contribution >= 4 is 39.2 Å². The summed E-state index contributed by atoms with van der Waals surface area (Å²) in [6.07, 6.45) is 2.07. The predicted octanol–water partition coefficient (Wildman–Crippen LogP) is 1.83. The Balaban J connectivity index is 2.11. The Bertz CT molecular complexity index is 788. The van der Waals surface area contributed by atoms with E-state index in [9.17, 15) is 18.0 Å². The summed E-state index contributed by atoms with van der Waals surface area (Å²) in [6, 6.07) is 4.87. The van der Waals surface area contributed by atoms with Gasteiger partial charge in [-0.25, -0.2) is 8.42 Å². The van der Waals surface area contributed by atoms with E-state index < -0.39 is 10.0 Å². The summed E-state index contributed by atoms with van der Waals surface area (Å²) in [5, 5.41) is 0.433. The molecule has 0 aromatic heterocycles. The van der Waals surface area contributed by atoms with E-state index in [2.05, 4.69) is 0 Å². The molecule has 0 N–H and O–H groups in total. The van der Waals surface area contributed by atoms with E-state index in [1.54, 1.807) is 17.0 Å². The quantitative estimate of drug-likeness (QED) is 0.701. The number of ether oxygens (including phenoxy) is 1. The molecule has 0 radical (unpaired) electrons. The lowest BCUT2D eigenvalue weighted by molar-refractivity contribution is -0.148. The van der Waals surface area contributed by atoms with Crippen LogP contribution in [-0.4, -0.2) is 58.2 Å². The number of methoxy groups -OCH3 is 1. The summed E-state index contributed by atoms with van der Waals surface area (Å²) in [6.45, 7) is 2.30. The van der Waals surface area contributed by atoms with Crippen molar-refractivity contribution in [2.45, 2.75) is 19.8 Å². The Morgan fingerprint density at radius 2 is 1.92 bits per heavy atom. The maximum Gasteiger partial charge on any atom is 0.308 e. The maximum atomic E-state index is 12.6. The van der Waals surface area contributed by atoms with Crippen LogP contribution in [0.3, 0.4) is 0 Å². The molecular weight excluding hydrogens is 380 g/mol. The molecule has 1 amide bonds. The van der Waals surface area contributed by atoms with Crippen molar-refractivity contribution in [3.63, 3.8) is 0 Å². The molecule has 144 valence electrons. The number of rotatable bonds is 5. The highest BCUT2D eigenvalue weighted by atomic mass is 35.5. The summed E-state index contributed by atoms with van der Waals surface area (Å²) in [5.74, 6) is -0.800. The molecule has 1 aliphatic heterocycles. The number of benzene rings is 1. The van der Waals surface area contributed by atoms with Crippen molar-refractivity contribution in [1.29, 1.82) is 0 Å². The molecule has 0 spiro atoms. The number of likely N-dealkylation sites (tertiary alicyclic amines) is 1. The number of piperidine rings is 1. The lowest BCUT2D eigenvalue weighted by Crippen LogP contribution is -2.46. The first-order chi connectivity index (χ1) is 12.1. The molecule has 0 saturated carbocycles. The SMILES string of the molecule is COC(=O)C1CCN(C(=O)CN(c2ccc(C)c(Cl)c2)S(C)(=O)=O)CC1. The Morgan fingerprint density at radius 3 is 2.42 bits per heavy atom. The number of carbonyl (C=O) groups is 2. The Labute approximate surface area is 158 Å². The van der Waals surface area contributed by atoms with Gasteiger partial charge in [-0.2, -0.15) is 0 Å². The highest BCUT2D eigenvalue weighted by Crippen LogP contribution is 2.25. The minimum absolute atomic E-state index is 0.217. The van der Waals surface area contributed by atoms with Crippen LogP contribution in [0.1, 0.15) is 18.4 Å². The fourth-order valence-corrected chi connectivity index (χ4v) is 3.91. The number of anilines is 1. The summed E-state index contributed by atoms with van der Waals surface area (Å²) in [7, 11) is -2.31. The molecule has 1 saturated heterocycles. The highest BCUT2D eigenvalue weighted by molar-refractivity contribution is 7.92. The van der Waals surface area contributed by atoms with Crippen LogP contribution in [0.5, 0.6) is 0 Å². The fraction of sp³-hybridized carbons (Fsp3) is 0.529. The van der Waals surface area contributed by atoms with Gasteiger partial charge in [0.2, 0.25) is 15.9 Å². The smallest absolute Gasteiger partial charge is 0.308 e. The summed E-state index contributed by atoms with van der Waals surface area (Å²) < 4.78 is 30.1. The molecule has 0 atom stereocenters. The number of nitrogens with zero attached hydrogens (tertiary/aromatic N) is 2. The van der Waals surface area contributed by atoms with E-state index in [1.807, 2.05) is 6.92 Å². The van der Waals surface area contributed by atoms with Crippen molar-refractivity contribution in [1.82, 2.24) is 4.90 Å². The van der Waals surface area contributed by atoms with E-state index in [1.165, 1.54) is 13.2 Å². The molecule has 0 aliphatic carbocycles. The molecule has 26 heavy (non-hydrogen) atoms. The molecule has 1 fully saturated rings. The van der Waals surface area contributed by atoms with Gasteiger partial charge in [0.25, 0.3) is 0 Å². The minimum Gasteiger partial charge on any atom is -0.469 e. The number of amides is 1. The molecule has 2 rings (SSSR count). The van der Waals surface area contributed by atoms with Gasteiger partial charge in [0.05, 0.1) is 25.0 Å². The van der Waals surface area contributed by atoms with Gasteiger partial charge in [0.1, 0.15) is 6.54 Å². The average Bonchev–Trinajstić information content (AvgIpc) is 2.60. The number of halogens is 1. The molecule has 7 nitrogen and oxygen atoms in total. The van der Waals surface area contributed by atoms with Gasteiger partial charge in [-0.05, 0) is 37.5 Å². The standard InChI is InChI=1S/C17H23ClN2O5S/c1-12-4-5-14(10-15(12)18)20(26(3,23)24)11-16(21)19-8-6-13(7-9-19)17(22)25-2/h4-5,10,13H,6-9,11H2,1-3H3. The van der Waals surface area contributed by atoms with Crippen LogP contribution in [0.2, 0.25) is 5.02 Å². The molecule has 1 aromatic rings. The molecule has 0 unspecified atom stereocenters. The van der Waals surface area contributed by atoms with E-state index in [0.29, 0.717) is 36.6 Å². The molecular formula is C17H23ClN2O5S. The predicted molar refractivity (Wildman–Crippen MR) is 99.7 cm³/mol. The number of carbonyl (C=O) groups excluding carboxylic acids is 2. The summed E-state index contributed by atoms with van der Waals surface area (Å²) in [5.41, 5.74) is 1.17. The van der Waals surface area contributed by atoms with E-state index in [-0.39, 0.29) is 24.3 Å². The van der Waals surface area contributed by atoms with Crippen LogP contribution in [0, 0.1) is 12.8 Å². The van der Waals surface area contributed by atoms with Gasteiger partial charge in [-0.3, -0.25) is 13.9 Å². The van der Waals surface area contributed by atoms with Crippen LogP contribution in [-0.2, 0) is 24.3 Å². The van der Waals surface area contributed by atoms with Crippen LogP contribution in [0.15, 0.2) is 18.2 Å². The van der Waals surface area contributed by atoms with E-state index >= 15 is 0 Å². The second-order valence-electron chi connectivity index (χ2n) is 6.38. The van der Waals surface area contributed by atoms with Crippen molar-refractivity contribution < 1.29 is 22.7 Å². The van der Waals surface area contributed by atoms with Crippen molar-refractivity contribution in [3.8, 4) is 0 Å². The lowest BCUT2D eigenvalue weighted by Gasteiger charge is -2.32. The third-order valence-electron chi connectivity index (χ3n) is 4.50. The van der Waals surface area contributed by atoms with Gasteiger partial charge < -0.3 is 9.64 Å². The number of hydrogen-bond acceptors (Lipinski definition) is 5. The average molecular weight is 403 g/mol. The van der Waals surface area contributed by atoms with Crippen molar-refractivity contribution in [3.05, 3.63) is 28.8 Å². The number of aryl methyl sites for hydroxylation is 1. The number of esters is 1. The third kappa shape index (κ3) is 4.88. The Morgan fingerprint density at radius 1 is 1.31 bits per heavy atom. The van der Waals surface area contributed by atoms with Crippen LogP contribution in [0.25, 0.3) is 0 Å². The Hall–Kier alpha value is -1.80. The molecule has 1 heterocycles. The van der Waals surface area contributed by atoms with Gasteiger partial charge >= 0.3 is 5.97 Å². The molecule has 1 aliphatic rings. The van der Waals surface area contributed by atoms with E-state index in [4.69, 9.17) is 16.3 Å². The summed E-state index contributed by atoms with van der Waals surface area (Å²) >= 11 is 6.09. The first-order valence-electron chi connectivity index (χ1n) is 8.23. The first-order valence-corrected chi connectivity index (χ1v) is 10.5. The van der Waals surface area contributed by atoms with Gasteiger partial charge in [0, 0.05) is 18.1 Å². The van der Waals surface area contributed by atoms with Crippen LogP contribution in [0.4, 0.5) is 5.69 Å². The van der Waals surface area contributed by atoms with Gasteiger partial charge in [0.15, 0.2) is 0 Å². The monoisotopic (exact) mass is 402 g/mol. The molecule has 1 aromatic carbocycles. The molecule has 0 bridgehead atoms. The van der Waals surface area contributed by atoms with Crippen molar-refractivity contribution in [2.24, 2.45) is 5.92 Å². The van der Waals surface area contributed by atoms with E-state index in [0.717, 1.165) is 16.1 Å². The third-order valence-corrected chi connectivity index (χ3v) is 6.05. The fourth-order valence-electron chi connectivity index (χ4n) is 2.89. The minimum atomic E-state index is -3.66. The van der Waals surface area contributed by atoms with Crippen LogP contribution >= 0.6 is 11.6 Å². The second kappa shape index (κ2) is 8.26. The first kappa shape index (κ1) is 20.5. The maximum absolute atomic E-state index is 12.6. The van der Waals surface area contributed by atoms with Crippen molar-refractivity contribution in [2.75, 3.05) is 37.3 Å². The number of hydrogen-bond donors (Lipinski definition) is 0. The van der Waals surface area contributed by atoms with Gasteiger partial charge in [-0.15, -0.1) is 0 Å². The van der Waals surface area contributed by atoms with Crippen LogP contribution < -0.4 is 4.31 Å². The zero-order chi connectivity index (χ0) is 19.5. The topological polar surface area (TPSA) is 84.0 Å². The van der Waals surface area contributed by atoms with Gasteiger partial charge in [-0.1, -0.05) is 17.7 Å². The zero-order valence-electron chi connectivity index (χ0n) is 15.1. The zero-order valence-corrected chi connectivity index (χ0v) is 16.6. The second-order valence-corrected chi connectivity index (χ2v) is 8.70. The summed E-state index contributed by atoms with van der Waals surface area (Å²) in [4.78, 5) is 25.7. The normalized spacial score (nSPS) is 15.6. The number of sulfonamides is 1. The lowest BCUT2D eigenvalue weighted by atomic mass is 9.97.